The van der Waals surface area contributed by atoms with E-state index in [-0.39, 0.29) is 0 Å². The summed E-state index contributed by atoms with van der Waals surface area (Å²) in [6.45, 7) is 10.9. The maximum atomic E-state index is 5.26. The lowest BCUT2D eigenvalue weighted by Crippen LogP contribution is -2.39. The van der Waals surface area contributed by atoms with Gasteiger partial charge in [0.25, 0.3) is 0 Å². The van der Waals surface area contributed by atoms with Gasteiger partial charge in [0.15, 0.2) is 0 Å². The van der Waals surface area contributed by atoms with Crippen LogP contribution in [0.2, 0.25) is 0 Å². The summed E-state index contributed by atoms with van der Waals surface area (Å²) in [6.07, 6.45) is 3.00. The van der Waals surface area contributed by atoms with Crippen molar-refractivity contribution < 1.29 is 4.74 Å². The molecule has 2 unspecified atom stereocenters. The Bertz CT molecular complexity index is 235. The molecule has 0 amide bonds. The molecule has 2 nitrogen and oxygen atoms in total. The maximum absolute atomic E-state index is 5.26. The number of rotatable bonds is 3. The van der Waals surface area contributed by atoms with Gasteiger partial charge in [-0.2, -0.15) is 0 Å². The van der Waals surface area contributed by atoms with E-state index in [4.69, 9.17) is 4.74 Å². The zero-order valence-electron chi connectivity index (χ0n) is 10.7. The van der Waals surface area contributed by atoms with Gasteiger partial charge in [0, 0.05) is 25.6 Å². The largest absolute Gasteiger partial charge is 0.381 e. The minimum absolute atomic E-state index is 0.847. The van der Waals surface area contributed by atoms with Gasteiger partial charge in [0.2, 0.25) is 0 Å². The summed E-state index contributed by atoms with van der Waals surface area (Å²) in [4.78, 5) is 2.71. The number of nitrogens with zero attached hydrogens (tertiary/aromatic N) is 1. The highest BCUT2D eigenvalue weighted by molar-refractivity contribution is 4.93. The Kier molecular flexibility index (Phi) is 2.97. The maximum Gasteiger partial charge on any atom is 0.0528 e. The van der Waals surface area contributed by atoms with Crippen LogP contribution in [0.4, 0.5) is 0 Å². The third kappa shape index (κ3) is 2.02. The standard InChI is InChI=1S/C14H25NO/c1-10(2)12-3-13-6-15(7-14(13)4-12)5-11-8-16-9-11/h10-14H,3-9H2,1-2H3. The van der Waals surface area contributed by atoms with Crippen LogP contribution in [-0.4, -0.2) is 37.7 Å². The van der Waals surface area contributed by atoms with Crippen molar-refractivity contribution in [2.24, 2.45) is 29.6 Å². The van der Waals surface area contributed by atoms with Gasteiger partial charge in [-0.3, -0.25) is 0 Å². The number of hydrogen-bond acceptors (Lipinski definition) is 2. The summed E-state index contributed by atoms with van der Waals surface area (Å²) in [5, 5.41) is 0. The lowest BCUT2D eigenvalue weighted by Gasteiger charge is -2.30. The van der Waals surface area contributed by atoms with Crippen LogP contribution >= 0.6 is 0 Å². The van der Waals surface area contributed by atoms with Gasteiger partial charge in [-0.15, -0.1) is 0 Å². The van der Waals surface area contributed by atoms with E-state index in [9.17, 15) is 0 Å². The van der Waals surface area contributed by atoms with E-state index in [0.717, 1.165) is 42.8 Å². The fourth-order valence-electron chi connectivity index (χ4n) is 3.89. The lowest BCUT2D eigenvalue weighted by molar-refractivity contribution is -0.0448. The molecule has 1 aliphatic carbocycles. The molecule has 92 valence electrons. The van der Waals surface area contributed by atoms with Crippen LogP contribution in [0.5, 0.6) is 0 Å². The molecule has 2 atom stereocenters. The predicted molar refractivity (Wildman–Crippen MR) is 65.3 cm³/mol. The smallest absolute Gasteiger partial charge is 0.0528 e. The Balaban J connectivity index is 1.49. The molecule has 0 bridgehead atoms. The van der Waals surface area contributed by atoms with Crippen LogP contribution in [0.25, 0.3) is 0 Å². The fraction of sp³-hybridized carbons (Fsp3) is 1.00. The first-order valence-electron chi connectivity index (χ1n) is 7.02. The van der Waals surface area contributed by atoms with Crippen molar-refractivity contribution in [2.45, 2.75) is 26.7 Å². The second-order valence-corrected chi connectivity index (χ2v) is 6.62. The molecule has 0 aromatic heterocycles. The van der Waals surface area contributed by atoms with Crippen molar-refractivity contribution in [1.29, 1.82) is 0 Å². The van der Waals surface area contributed by atoms with Crippen LogP contribution in [0.3, 0.4) is 0 Å². The molecule has 0 aromatic carbocycles. The Labute approximate surface area is 99.3 Å². The van der Waals surface area contributed by atoms with Crippen LogP contribution in [0.1, 0.15) is 26.7 Å². The monoisotopic (exact) mass is 223 g/mol. The van der Waals surface area contributed by atoms with Crippen LogP contribution in [-0.2, 0) is 4.74 Å². The minimum Gasteiger partial charge on any atom is -0.381 e. The summed E-state index contributed by atoms with van der Waals surface area (Å²) in [7, 11) is 0. The van der Waals surface area contributed by atoms with Crippen molar-refractivity contribution >= 4 is 0 Å². The van der Waals surface area contributed by atoms with E-state index in [1.807, 2.05) is 0 Å². The molecule has 0 N–H and O–H groups in total. The van der Waals surface area contributed by atoms with Crippen molar-refractivity contribution in [3.05, 3.63) is 0 Å². The van der Waals surface area contributed by atoms with Crippen molar-refractivity contribution in [3.63, 3.8) is 0 Å². The second-order valence-electron chi connectivity index (χ2n) is 6.62. The molecule has 2 saturated heterocycles. The van der Waals surface area contributed by atoms with Gasteiger partial charge >= 0.3 is 0 Å². The fourth-order valence-corrected chi connectivity index (χ4v) is 3.89. The van der Waals surface area contributed by atoms with Gasteiger partial charge in [-0.25, -0.2) is 0 Å². The Morgan fingerprint density at radius 1 is 1.12 bits per heavy atom. The van der Waals surface area contributed by atoms with Gasteiger partial charge in [-0.05, 0) is 36.5 Å². The van der Waals surface area contributed by atoms with E-state index in [1.54, 1.807) is 0 Å². The van der Waals surface area contributed by atoms with Crippen molar-refractivity contribution in [3.8, 4) is 0 Å². The normalized spacial score (nSPS) is 40.3. The molecule has 3 aliphatic rings. The zero-order chi connectivity index (χ0) is 11.1. The van der Waals surface area contributed by atoms with E-state index >= 15 is 0 Å². The first-order valence-corrected chi connectivity index (χ1v) is 7.02. The van der Waals surface area contributed by atoms with Crippen LogP contribution < -0.4 is 0 Å². The van der Waals surface area contributed by atoms with Crippen LogP contribution in [0, 0.1) is 29.6 Å². The summed E-state index contributed by atoms with van der Waals surface area (Å²) in [5.74, 6) is 4.81. The van der Waals surface area contributed by atoms with Gasteiger partial charge in [0.05, 0.1) is 13.2 Å². The van der Waals surface area contributed by atoms with Gasteiger partial charge in [0.1, 0.15) is 0 Å². The number of fused-ring (bicyclic) bond motifs is 1. The van der Waals surface area contributed by atoms with E-state index in [1.165, 1.54) is 32.5 Å². The third-order valence-electron chi connectivity index (χ3n) is 5.03. The summed E-state index contributed by atoms with van der Waals surface area (Å²) in [5.41, 5.74) is 0. The summed E-state index contributed by atoms with van der Waals surface area (Å²) < 4.78 is 5.26. The van der Waals surface area contributed by atoms with E-state index in [0.29, 0.717) is 0 Å². The summed E-state index contributed by atoms with van der Waals surface area (Å²) in [6, 6.07) is 0. The van der Waals surface area contributed by atoms with Crippen LogP contribution in [0.15, 0.2) is 0 Å². The molecule has 3 rings (SSSR count). The lowest BCUT2D eigenvalue weighted by atomic mass is 9.93. The van der Waals surface area contributed by atoms with Crippen molar-refractivity contribution in [2.75, 3.05) is 32.8 Å². The SMILES string of the molecule is CC(C)C1CC2CN(CC3COC3)CC2C1. The first-order chi connectivity index (χ1) is 7.72. The Hall–Kier alpha value is -0.0800. The minimum atomic E-state index is 0.847. The number of hydrogen-bond donors (Lipinski definition) is 0. The number of likely N-dealkylation sites (tertiary alicyclic amines) is 1. The average molecular weight is 223 g/mol. The molecule has 0 aromatic rings. The molecule has 16 heavy (non-hydrogen) atoms. The summed E-state index contributed by atoms with van der Waals surface area (Å²) >= 11 is 0. The average Bonchev–Trinajstić information content (AvgIpc) is 2.67. The predicted octanol–water partition coefficient (Wildman–Crippen LogP) is 2.25. The third-order valence-corrected chi connectivity index (χ3v) is 5.03. The number of ether oxygens (including phenoxy) is 1. The van der Waals surface area contributed by atoms with Gasteiger partial charge in [-0.1, -0.05) is 13.8 Å². The first kappa shape index (κ1) is 11.0. The topological polar surface area (TPSA) is 12.5 Å². The van der Waals surface area contributed by atoms with E-state index < -0.39 is 0 Å². The Morgan fingerprint density at radius 3 is 2.19 bits per heavy atom. The molecular formula is C14H25NO. The van der Waals surface area contributed by atoms with E-state index in [2.05, 4.69) is 18.7 Å². The molecule has 2 heteroatoms. The highest BCUT2D eigenvalue weighted by Gasteiger charge is 2.42. The molecule has 1 saturated carbocycles. The quantitative estimate of drug-likeness (QED) is 0.727. The Morgan fingerprint density at radius 2 is 1.75 bits per heavy atom. The molecule has 0 spiro atoms. The highest BCUT2D eigenvalue weighted by Crippen LogP contribution is 2.44. The molecule has 3 fully saturated rings. The highest BCUT2D eigenvalue weighted by atomic mass is 16.5. The zero-order valence-corrected chi connectivity index (χ0v) is 10.7. The van der Waals surface area contributed by atoms with Gasteiger partial charge < -0.3 is 9.64 Å². The van der Waals surface area contributed by atoms with Crippen molar-refractivity contribution in [1.82, 2.24) is 4.90 Å². The molecule has 2 aliphatic heterocycles. The second kappa shape index (κ2) is 4.30. The molecular weight excluding hydrogens is 198 g/mol. The molecule has 0 radical (unpaired) electrons. The molecule has 2 heterocycles.